The molecule has 190 valence electrons. The third kappa shape index (κ3) is 5.98. The zero-order valence-electron chi connectivity index (χ0n) is 19.4. The minimum Gasteiger partial charge on any atom is -0.493 e. The first-order valence-corrected chi connectivity index (χ1v) is 13.2. The van der Waals surface area contributed by atoms with Gasteiger partial charge in [-0.1, -0.05) is 0 Å². The van der Waals surface area contributed by atoms with Crippen LogP contribution in [0.4, 0.5) is 13.2 Å². The molecule has 2 aromatic rings. The molecule has 2 saturated heterocycles. The van der Waals surface area contributed by atoms with Crippen LogP contribution in [0.15, 0.2) is 47.4 Å². The van der Waals surface area contributed by atoms with Crippen LogP contribution in [0, 0.1) is 22.9 Å². The molecule has 1 amide bonds. The second-order valence-electron chi connectivity index (χ2n) is 9.38. The predicted molar refractivity (Wildman–Crippen MR) is 124 cm³/mol. The van der Waals surface area contributed by atoms with Crippen LogP contribution in [0.25, 0.3) is 0 Å². The van der Waals surface area contributed by atoms with Crippen LogP contribution >= 0.6 is 0 Å². The predicted octanol–water partition coefficient (Wildman–Crippen LogP) is 4.36. The van der Waals surface area contributed by atoms with Gasteiger partial charge in [-0.25, -0.2) is 21.6 Å². The van der Waals surface area contributed by atoms with Crippen LogP contribution in [-0.4, -0.2) is 56.3 Å². The number of ether oxygens (including phenoxy) is 1. The smallest absolute Gasteiger partial charge is 0.243 e. The van der Waals surface area contributed by atoms with E-state index in [0.717, 1.165) is 31.4 Å². The molecule has 4 rings (SSSR count). The lowest BCUT2D eigenvalue weighted by Crippen LogP contribution is -2.51. The number of halogens is 3. The van der Waals surface area contributed by atoms with Crippen LogP contribution < -0.4 is 4.74 Å². The van der Waals surface area contributed by atoms with Crippen molar-refractivity contribution < 1.29 is 31.1 Å². The molecule has 6 nitrogen and oxygen atoms in total. The summed E-state index contributed by atoms with van der Waals surface area (Å²) >= 11 is 0. The summed E-state index contributed by atoms with van der Waals surface area (Å²) in [6.45, 7) is 1.59. The number of likely N-dealkylation sites (tertiary alicyclic amines) is 1. The Balaban J connectivity index is 1.58. The summed E-state index contributed by atoms with van der Waals surface area (Å²) in [5, 5.41) is 0. The van der Waals surface area contributed by atoms with Crippen LogP contribution in [0.2, 0.25) is 0 Å². The van der Waals surface area contributed by atoms with Gasteiger partial charge in [0.2, 0.25) is 15.9 Å². The molecule has 2 aliphatic heterocycles. The van der Waals surface area contributed by atoms with Gasteiger partial charge in [-0.15, -0.1) is 0 Å². The van der Waals surface area contributed by atoms with Crippen molar-refractivity contribution in [1.82, 2.24) is 9.21 Å². The summed E-state index contributed by atoms with van der Waals surface area (Å²) in [6, 6.07) is 8.00. The number of carbonyl (C=O) groups excluding carboxylic acids is 1. The van der Waals surface area contributed by atoms with Crippen LogP contribution in [-0.2, 0) is 14.8 Å². The van der Waals surface area contributed by atoms with Gasteiger partial charge in [0.05, 0.1) is 11.5 Å². The van der Waals surface area contributed by atoms with Crippen molar-refractivity contribution in [3.8, 4) is 5.75 Å². The number of carbonyl (C=O) groups is 1. The highest BCUT2D eigenvalue weighted by Gasteiger charge is 2.43. The first-order valence-electron chi connectivity index (χ1n) is 11.8. The zero-order chi connectivity index (χ0) is 25.1. The van der Waals surface area contributed by atoms with E-state index in [-0.39, 0.29) is 36.9 Å². The molecule has 0 radical (unpaired) electrons. The van der Waals surface area contributed by atoms with E-state index in [4.69, 9.17) is 4.74 Å². The molecule has 2 heterocycles. The van der Waals surface area contributed by atoms with Crippen molar-refractivity contribution in [3.05, 3.63) is 59.9 Å². The van der Waals surface area contributed by atoms with Gasteiger partial charge >= 0.3 is 0 Å². The average molecular weight is 511 g/mol. The molecular weight excluding hydrogens is 481 g/mol. The number of hydrogen-bond acceptors (Lipinski definition) is 4. The molecule has 2 fully saturated rings. The van der Waals surface area contributed by atoms with Gasteiger partial charge in [0.15, 0.2) is 11.6 Å². The van der Waals surface area contributed by atoms with Crippen molar-refractivity contribution in [2.24, 2.45) is 5.41 Å². The summed E-state index contributed by atoms with van der Waals surface area (Å²) in [7, 11) is -4.12. The van der Waals surface area contributed by atoms with Crippen molar-refractivity contribution in [2.75, 3.05) is 32.8 Å². The second kappa shape index (κ2) is 10.6. The molecule has 0 saturated carbocycles. The van der Waals surface area contributed by atoms with Gasteiger partial charge in [-0.05, 0) is 74.6 Å². The van der Waals surface area contributed by atoms with E-state index >= 15 is 0 Å². The average Bonchev–Trinajstić information content (AvgIpc) is 2.86. The SMILES string of the molecule is O=C(C[C@]1(COc2ccc(F)cc2)CCCN(S(=O)(=O)c2ccc(F)c(F)c2)C1)N1CCCCC1. The van der Waals surface area contributed by atoms with Crippen LogP contribution in [0.3, 0.4) is 0 Å². The number of hydrogen-bond donors (Lipinski definition) is 0. The van der Waals surface area contributed by atoms with E-state index in [1.54, 1.807) is 0 Å². The standard InChI is InChI=1S/C25H29F3N2O4S/c26-19-5-7-20(8-6-19)34-18-25(16-24(31)29-12-2-1-3-13-29)11-4-14-30(17-25)35(32,33)21-9-10-22(27)23(28)15-21/h5-10,15H,1-4,11-14,16-18H2/t25-/m1/s1. The summed E-state index contributed by atoms with van der Waals surface area (Å²) in [5.41, 5.74) is -0.827. The summed E-state index contributed by atoms with van der Waals surface area (Å²) < 4.78 is 74.2. The molecule has 10 heteroatoms. The highest BCUT2D eigenvalue weighted by Crippen LogP contribution is 2.38. The Bertz CT molecular complexity index is 1150. The topological polar surface area (TPSA) is 66.9 Å². The lowest BCUT2D eigenvalue weighted by Gasteiger charge is -2.42. The third-order valence-corrected chi connectivity index (χ3v) is 8.59. The Hall–Kier alpha value is -2.59. The summed E-state index contributed by atoms with van der Waals surface area (Å²) in [4.78, 5) is 14.7. The van der Waals surface area contributed by atoms with Gasteiger partial charge in [0.25, 0.3) is 0 Å². The number of piperidine rings is 2. The Morgan fingerprint density at radius 2 is 1.63 bits per heavy atom. The molecule has 0 spiro atoms. The normalized spacial score (nSPS) is 21.6. The van der Waals surface area contributed by atoms with Crippen LogP contribution in [0.5, 0.6) is 5.75 Å². The minimum absolute atomic E-state index is 0.00486. The molecule has 0 aliphatic carbocycles. The maximum Gasteiger partial charge on any atom is 0.243 e. The van der Waals surface area contributed by atoms with E-state index in [1.807, 2.05) is 4.90 Å². The molecule has 0 N–H and O–H groups in total. The fourth-order valence-corrected chi connectivity index (χ4v) is 6.41. The third-order valence-electron chi connectivity index (χ3n) is 6.75. The molecule has 0 aromatic heterocycles. The fourth-order valence-electron chi connectivity index (χ4n) is 4.81. The van der Waals surface area contributed by atoms with Gasteiger partial charge in [-0.2, -0.15) is 4.31 Å². The summed E-state index contributed by atoms with van der Waals surface area (Å²) in [5.74, 6) is -2.42. The van der Waals surface area contributed by atoms with Crippen molar-refractivity contribution >= 4 is 15.9 Å². The van der Waals surface area contributed by atoms with Crippen molar-refractivity contribution in [3.63, 3.8) is 0 Å². The van der Waals surface area contributed by atoms with Crippen molar-refractivity contribution in [2.45, 2.75) is 43.4 Å². The van der Waals surface area contributed by atoms with E-state index in [0.29, 0.717) is 37.7 Å². The quantitative estimate of drug-likeness (QED) is 0.555. The number of amides is 1. The highest BCUT2D eigenvalue weighted by molar-refractivity contribution is 7.89. The van der Waals surface area contributed by atoms with E-state index in [9.17, 15) is 26.4 Å². The molecule has 0 bridgehead atoms. The largest absolute Gasteiger partial charge is 0.493 e. The van der Waals surface area contributed by atoms with Crippen molar-refractivity contribution in [1.29, 1.82) is 0 Å². The van der Waals surface area contributed by atoms with Gasteiger partial charge in [0.1, 0.15) is 11.6 Å². The maximum atomic E-state index is 13.8. The fraction of sp³-hybridized carbons (Fsp3) is 0.480. The Kier molecular flexibility index (Phi) is 7.70. The Labute approximate surface area is 203 Å². The molecule has 2 aromatic carbocycles. The lowest BCUT2D eigenvalue weighted by molar-refractivity contribution is -0.136. The summed E-state index contributed by atoms with van der Waals surface area (Å²) in [6.07, 6.45) is 4.06. The first-order chi connectivity index (χ1) is 16.7. The molecule has 35 heavy (non-hydrogen) atoms. The number of rotatable bonds is 7. The van der Waals surface area contributed by atoms with E-state index < -0.39 is 32.9 Å². The monoisotopic (exact) mass is 510 g/mol. The Morgan fingerprint density at radius 1 is 0.914 bits per heavy atom. The van der Waals surface area contributed by atoms with Gasteiger partial charge in [-0.3, -0.25) is 4.79 Å². The molecule has 2 aliphatic rings. The van der Waals surface area contributed by atoms with Gasteiger partial charge in [0, 0.05) is 38.0 Å². The Morgan fingerprint density at radius 3 is 2.31 bits per heavy atom. The highest BCUT2D eigenvalue weighted by atomic mass is 32.2. The van der Waals surface area contributed by atoms with E-state index in [1.165, 1.54) is 28.6 Å². The maximum absolute atomic E-state index is 13.8. The number of sulfonamides is 1. The molecule has 1 atom stereocenters. The first kappa shape index (κ1) is 25.5. The van der Waals surface area contributed by atoms with Gasteiger partial charge < -0.3 is 9.64 Å². The number of nitrogens with zero attached hydrogens (tertiary/aromatic N) is 2. The number of benzene rings is 2. The lowest BCUT2D eigenvalue weighted by atomic mass is 9.78. The zero-order valence-corrected chi connectivity index (χ0v) is 20.2. The molecular formula is C25H29F3N2O4S. The second-order valence-corrected chi connectivity index (χ2v) is 11.3. The minimum atomic E-state index is -4.12. The molecule has 0 unspecified atom stereocenters. The van der Waals surface area contributed by atoms with E-state index in [2.05, 4.69) is 0 Å². The van der Waals surface area contributed by atoms with Crippen LogP contribution in [0.1, 0.15) is 38.5 Å².